The molecule has 0 fully saturated rings. The van der Waals surface area contributed by atoms with Crippen LogP contribution in [0, 0.1) is 0 Å². The summed E-state index contributed by atoms with van der Waals surface area (Å²) in [7, 11) is 1.91. The summed E-state index contributed by atoms with van der Waals surface area (Å²) in [5, 5.41) is 10.6. The Morgan fingerprint density at radius 2 is 2.00 bits per heavy atom. The first-order chi connectivity index (χ1) is 8.28. The summed E-state index contributed by atoms with van der Waals surface area (Å²) in [6.45, 7) is 3.66. The predicted octanol–water partition coefficient (Wildman–Crippen LogP) is 1.86. The van der Waals surface area contributed by atoms with E-state index in [1.165, 1.54) is 0 Å². The van der Waals surface area contributed by atoms with Gasteiger partial charge in [0.25, 0.3) is 0 Å². The molecule has 5 heteroatoms. The van der Waals surface area contributed by atoms with Crippen LogP contribution < -0.4 is 10.6 Å². The Bertz CT molecular complexity index is 477. The maximum Gasteiger partial charge on any atom is 0.128 e. The van der Waals surface area contributed by atoms with E-state index in [1.807, 2.05) is 37.6 Å². The number of aryl methyl sites for hydroxylation is 1. The summed E-state index contributed by atoms with van der Waals surface area (Å²) in [6.07, 6.45) is 3.84. The fourth-order valence-corrected chi connectivity index (χ4v) is 1.57. The predicted molar refractivity (Wildman–Crippen MR) is 68.9 cm³/mol. The lowest BCUT2D eigenvalue weighted by molar-refractivity contribution is 0.767. The van der Waals surface area contributed by atoms with Crippen LogP contribution in [-0.4, -0.2) is 21.3 Å². The minimum absolute atomic E-state index is 0.733. The van der Waals surface area contributed by atoms with E-state index in [2.05, 4.69) is 27.6 Å². The van der Waals surface area contributed by atoms with Crippen LogP contribution in [-0.2, 0) is 13.6 Å². The van der Waals surface area contributed by atoms with Crippen molar-refractivity contribution in [2.24, 2.45) is 7.05 Å². The summed E-state index contributed by atoms with van der Waals surface area (Å²) < 4.78 is 1.79. The van der Waals surface area contributed by atoms with Gasteiger partial charge in [0.2, 0.25) is 0 Å². The molecular formula is C12H17N5. The lowest BCUT2D eigenvalue weighted by atomic mass is 10.3. The zero-order chi connectivity index (χ0) is 12.1. The fraction of sp³-hybridized carbons (Fsp3) is 0.333. The van der Waals surface area contributed by atoms with E-state index in [1.54, 1.807) is 4.68 Å². The third-order valence-corrected chi connectivity index (χ3v) is 2.34. The minimum Gasteiger partial charge on any atom is -0.370 e. The van der Waals surface area contributed by atoms with Crippen molar-refractivity contribution in [3.05, 3.63) is 36.2 Å². The van der Waals surface area contributed by atoms with E-state index in [4.69, 9.17) is 0 Å². The van der Waals surface area contributed by atoms with Crippen molar-refractivity contribution in [1.82, 2.24) is 14.8 Å². The Hall–Kier alpha value is -2.04. The average Bonchev–Trinajstić information content (AvgIpc) is 2.74. The van der Waals surface area contributed by atoms with E-state index in [-0.39, 0.29) is 0 Å². The molecule has 0 saturated carbocycles. The first kappa shape index (κ1) is 11.4. The lowest BCUT2D eigenvalue weighted by Crippen LogP contribution is -2.04. The third-order valence-electron chi connectivity index (χ3n) is 2.34. The highest BCUT2D eigenvalue weighted by Crippen LogP contribution is 2.10. The van der Waals surface area contributed by atoms with Gasteiger partial charge in [-0.1, -0.05) is 6.07 Å². The molecular weight excluding hydrogens is 214 g/mol. The van der Waals surface area contributed by atoms with E-state index >= 15 is 0 Å². The standard InChI is InChI=1S/C12H17N5/c1-3-13-11-5-4-6-12(16-11)14-7-10-8-15-17(2)9-10/h4-6,8-9H,3,7H2,1-2H3,(H2,13,14,16). The molecule has 0 aliphatic rings. The van der Waals surface area contributed by atoms with Gasteiger partial charge in [-0.2, -0.15) is 5.10 Å². The van der Waals surface area contributed by atoms with Crippen LogP contribution in [0.4, 0.5) is 11.6 Å². The van der Waals surface area contributed by atoms with Gasteiger partial charge in [-0.3, -0.25) is 4.68 Å². The monoisotopic (exact) mass is 231 g/mol. The molecule has 0 saturated heterocycles. The van der Waals surface area contributed by atoms with Crippen molar-refractivity contribution >= 4 is 11.6 Å². The van der Waals surface area contributed by atoms with Crippen molar-refractivity contribution in [3.8, 4) is 0 Å². The molecule has 0 radical (unpaired) electrons. The van der Waals surface area contributed by atoms with Gasteiger partial charge in [-0.25, -0.2) is 4.98 Å². The molecule has 0 amide bonds. The number of aromatic nitrogens is 3. The van der Waals surface area contributed by atoms with E-state index in [9.17, 15) is 0 Å². The largest absolute Gasteiger partial charge is 0.370 e. The highest BCUT2D eigenvalue weighted by molar-refractivity contribution is 5.45. The highest BCUT2D eigenvalue weighted by Gasteiger charge is 1.98. The third kappa shape index (κ3) is 3.21. The van der Waals surface area contributed by atoms with Crippen molar-refractivity contribution in [3.63, 3.8) is 0 Å². The average molecular weight is 231 g/mol. The first-order valence-electron chi connectivity index (χ1n) is 5.70. The van der Waals surface area contributed by atoms with Gasteiger partial charge in [0.15, 0.2) is 0 Å². The molecule has 2 rings (SSSR count). The SMILES string of the molecule is CCNc1cccc(NCc2cnn(C)c2)n1. The summed E-state index contributed by atoms with van der Waals surface area (Å²) in [5.41, 5.74) is 1.14. The minimum atomic E-state index is 0.733. The van der Waals surface area contributed by atoms with Gasteiger partial charge in [-0.05, 0) is 19.1 Å². The molecule has 2 aromatic heterocycles. The van der Waals surface area contributed by atoms with Crippen LogP contribution in [0.15, 0.2) is 30.6 Å². The number of hydrogen-bond acceptors (Lipinski definition) is 4. The molecule has 0 aliphatic carbocycles. The summed E-state index contributed by atoms with van der Waals surface area (Å²) >= 11 is 0. The molecule has 2 N–H and O–H groups in total. The molecule has 0 spiro atoms. The van der Waals surface area contributed by atoms with E-state index in [0.29, 0.717) is 0 Å². The van der Waals surface area contributed by atoms with Crippen LogP contribution in [0.25, 0.3) is 0 Å². The number of pyridine rings is 1. The molecule has 2 aromatic rings. The summed E-state index contributed by atoms with van der Waals surface area (Å²) in [6, 6.07) is 5.90. The fourth-order valence-electron chi connectivity index (χ4n) is 1.57. The van der Waals surface area contributed by atoms with Crippen molar-refractivity contribution in [2.45, 2.75) is 13.5 Å². The molecule has 0 unspecified atom stereocenters. The molecule has 0 aliphatic heterocycles. The van der Waals surface area contributed by atoms with Crippen LogP contribution in [0.2, 0.25) is 0 Å². The highest BCUT2D eigenvalue weighted by atomic mass is 15.2. The number of nitrogens with one attached hydrogen (secondary N) is 2. The van der Waals surface area contributed by atoms with Crippen LogP contribution in [0.1, 0.15) is 12.5 Å². The summed E-state index contributed by atoms with van der Waals surface area (Å²) in [5.74, 6) is 1.76. The quantitative estimate of drug-likeness (QED) is 0.824. The van der Waals surface area contributed by atoms with Gasteiger partial charge in [0.1, 0.15) is 11.6 Å². The number of anilines is 2. The molecule has 90 valence electrons. The Morgan fingerprint density at radius 1 is 1.24 bits per heavy atom. The second kappa shape index (κ2) is 5.34. The Morgan fingerprint density at radius 3 is 2.65 bits per heavy atom. The number of hydrogen-bond donors (Lipinski definition) is 2. The topological polar surface area (TPSA) is 54.8 Å². The number of rotatable bonds is 5. The van der Waals surface area contributed by atoms with Gasteiger partial charge in [0, 0.05) is 31.9 Å². The molecule has 0 atom stereocenters. The van der Waals surface area contributed by atoms with Crippen LogP contribution >= 0.6 is 0 Å². The van der Waals surface area contributed by atoms with Gasteiger partial charge < -0.3 is 10.6 Å². The van der Waals surface area contributed by atoms with Crippen LogP contribution in [0.5, 0.6) is 0 Å². The Kier molecular flexibility index (Phi) is 3.59. The molecule has 17 heavy (non-hydrogen) atoms. The molecule has 0 aromatic carbocycles. The zero-order valence-electron chi connectivity index (χ0n) is 10.1. The first-order valence-corrected chi connectivity index (χ1v) is 5.70. The Labute approximate surface area is 101 Å². The smallest absolute Gasteiger partial charge is 0.128 e. The van der Waals surface area contributed by atoms with Crippen molar-refractivity contribution in [2.75, 3.05) is 17.2 Å². The lowest BCUT2D eigenvalue weighted by Gasteiger charge is -2.06. The molecule has 0 bridgehead atoms. The maximum absolute atomic E-state index is 4.43. The maximum atomic E-state index is 4.43. The summed E-state index contributed by atoms with van der Waals surface area (Å²) in [4.78, 5) is 4.43. The molecule has 5 nitrogen and oxygen atoms in total. The molecule has 2 heterocycles. The van der Waals surface area contributed by atoms with Gasteiger partial charge in [-0.15, -0.1) is 0 Å². The zero-order valence-corrected chi connectivity index (χ0v) is 10.1. The second-order valence-electron chi connectivity index (χ2n) is 3.81. The van der Waals surface area contributed by atoms with Crippen molar-refractivity contribution in [1.29, 1.82) is 0 Å². The number of nitrogens with zero attached hydrogens (tertiary/aromatic N) is 3. The van der Waals surface area contributed by atoms with Crippen LogP contribution in [0.3, 0.4) is 0 Å². The van der Waals surface area contributed by atoms with E-state index in [0.717, 1.165) is 30.3 Å². The van der Waals surface area contributed by atoms with Gasteiger partial charge >= 0.3 is 0 Å². The normalized spacial score (nSPS) is 10.2. The van der Waals surface area contributed by atoms with E-state index < -0.39 is 0 Å². The Balaban J connectivity index is 1.96. The second-order valence-corrected chi connectivity index (χ2v) is 3.81. The van der Waals surface area contributed by atoms with Gasteiger partial charge in [0.05, 0.1) is 6.20 Å². The van der Waals surface area contributed by atoms with Crippen molar-refractivity contribution < 1.29 is 0 Å².